The molecular formula is C24H52N2O. The second kappa shape index (κ2) is 16.8. The molecular weight excluding hydrogens is 332 g/mol. The summed E-state index contributed by atoms with van der Waals surface area (Å²) in [4.78, 5) is 5.21. The molecule has 0 amide bonds. The molecule has 0 aliphatic rings. The van der Waals surface area contributed by atoms with Crippen LogP contribution in [0.2, 0.25) is 0 Å². The Kier molecular flexibility index (Phi) is 16.7. The number of hydrogen-bond acceptors (Lipinski definition) is 3. The van der Waals surface area contributed by atoms with E-state index in [1.807, 2.05) is 0 Å². The minimum absolute atomic E-state index is 0.781. The van der Waals surface area contributed by atoms with Crippen molar-refractivity contribution in [1.82, 2.24) is 9.80 Å². The van der Waals surface area contributed by atoms with Gasteiger partial charge >= 0.3 is 0 Å². The molecule has 3 nitrogen and oxygen atoms in total. The smallest absolute Gasteiger partial charge is 0.0594 e. The summed E-state index contributed by atoms with van der Waals surface area (Å²) in [5, 5.41) is 0. The van der Waals surface area contributed by atoms with Gasteiger partial charge in [0.1, 0.15) is 0 Å². The summed E-state index contributed by atoms with van der Waals surface area (Å²) < 4.78 is 6.04. The summed E-state index contributed by atoms with van der Waals surface area (Å²) in [6.07, 6.45) is 5.15. The van der Waals surface area contributed by atoms with Crippen LogP contribution < -0.4 is 0 Å². The van der Waals surface area contributed by atoms with E-state index in [0.717, 1.165) is 50.0 Å². The van der Waals surface area contributed by atoms with Crippen LogP contribution in [0.15, 0.2) is 0 Å². The van der Waals surface area contributed by atoms with Crippen LogP contribution >= 0.6 is 0 Å². The van der Waals surface area contributed by atoms with Crippen LogP contribution in [0.5, 0.6) is 0 Å². The van der Waals surface area contributed by atoms with Crippen LogP contribution in [-0.2, 0) is 4.74 Å². The average molecular weight is 385 g/mol. The first-order valence-electron chi connectivity index (χ1n) is 11.7. The number of nitrogens with zero attached hydrogens (tertiary/aromatic N) is 2. The predicted octanol–water partition coefficient (Wildman–Crippen LogP) is 5.79. The van der Waals surface area contributed by atoms with Gasteiger partial charge in [-0.05, 0) is 75.5 Å². The largest absolute Gasteiger partial charge is 0.379 e. The molecule has 3 heteroatoms. The molecule has 0 unspecified atom stereocenters. The average Bonchev–Trinajstić information content (AvgIpc) is 2.57. The highest BCUT2D eigenvalue weighted by molar-refractivity contribution is 4.63. The summed E-state index contributed by atoms with van der Waals surface area (Å²) >= 11 is 0. The molecule has 0 aliphatic carbocycles. The summed E-state index contributed by atoms with van der Waals surface area (Å²) in [7, 11) is 0. The summed E-state index contributed by atoms with van der Waals surface area (Å²) in [6, 6.07) is 0. The van der Waals surface area contributed by atoms with Crippen LogP contribution in [0, 0.1) is 23.7 Å². The Morgan fingerprint density at radius 1 is 0.444 bits per heavy atom. The van der Waals surface area contributed by atoms with E-state index in [-0.39, 0.29) is 0 Å². The predicted molar refractivity (Wildman–Crippen MR) is 122 cm³/mol. The minimum Gasteiger partial charge on any atom is -0.379 e. The van der Waals surface area contributed by atoms with Crippen LogP contribution in [0.1, 0.15) is 81.1 Å². The second-order valence-corrected chi connectivity index (χ2v) is 10.0. The van der Waals surface area contributed by atoms with Gasteiger partial charge in [-0.15, -0.1) is 0 Å². The maximum Gasteiger partial charge on any atom is 0.0594 e. The number of hydrogen-bond donors (Lipinski definition) is 0. The van der Waals surface area contributed by atoms with Gasteiger partial charge < -0.3 is 14.5 Å². The number of rotatable bonds is 18. The molecule has 0 bridgehead atoms. The van der Waals surface area contributed by atoms with Crippen LogP contribution in [0.25, 0.3) is 0 Å². The summed E-state index contributed by atoms with van der Waals surface area (Å²) in [5.74, 6) is 3.12. The van der Waals surface area contributed by atoms with E-state index >= 15 is 0 Å². The van der Waals surface area contributed by atoms with E-state index < -0.39 is 0 Å². The lowest BCUT2D eigenvalue weighted by molar-refractivity contribution is 0.0782. The molecule has 0 aromatic carbocycles. The van der Waals surface area contributed by atoms with Crippen molar-refractivity contribution in [3.63, 3.8) is 0 Å². The van der Waals surface area contributed by atoms with Crippen LogP contribution in [-0.4, -0.2) is 62.3 Å². The minimum atomic E-state index is 0.781. The standard InChI is InChI=1S/C24H52N2O/c1-21(2)9-13-25(14-10-22(3)4)17-19-27-20-18-26(15-11-23(5)6)16-12-24(7)8/h21-24H,9-20H2,1-8H3. The Morgan fingerprint density at radius 3 is 0.926 bits per heavy atom. The fourth-order valence-corrected chi connectivity index (χ4v) is 2.92. The zero-order chi connectivity index (χ0) is 20.7. The highest BCUT2D eigenvalue weighted by Gasteiger charge is 2.09. The molecule has 164 valence electrons. The van der Waals surface area contributed by atoms with Crippen molar-refractivity contribution in [3.05, 3.63) is 0 Å². The van der Waals surface area contributed by atoms with E-state index in [4.69, 9.17) is 4.74 Å². The molecule has 0 spiro atoms. The lowest BCUT2D eigenvalue weighted by atomic mass is 10.1. The zero-order valence-corrected chi connectivity index (χ0v) is 20.1. The maximum absolute atomic E-state index is 6.04. The van der Waals surface area contributed by atoms with Crippen LogP contribution in [0.4, 0.5) is 0 Å². The van der Waals surface area contributed by atoms with Gasteiger partial charge in [0.15, 0.2) is 0 Å². The van der Waals surface area contributed by atoms with Gasteiger partial charge in [-0.25, -0.2) is 0 Å². The van der Waals surface area contributed by atoms with Crippen LogP contribution in [0.3, 0.4) is 0 Å². The summed E-state index contributed by atoms with van der Waals surface area (Å²) in [5.41, 5.74) is 0. The van der Waals surface area contributed by atoms with Crippen molar-refractivity contribution in [3.8, 4) is 0 Å². The Bertz CT molecular complexity index is 262. The first-order valence-corrected chi connectivity index (χ1v) is 11.7. The molecule has 0 rings (SSSR count). The quantitative estimate of drug-likeness (QED) is 0.278. The third-order valence-corrected chi connectivity index (χ3v) is 5.19. The van der Waals surface area contributed by atoms with E-state index in [1.54, 1.807) is 0 Å². The van der Waals surface area contributed by atoms with E-state index in [2.05, 4.69) is 65.2 Å². The molecule has 0 heterocycles. The van der Waals surface area contributed by atoms with Gasteiger partial charge in [-0.2, -0.15) is 0 Å². The summed E-state index contributed by atoms with van der Waals surface area (Å²) in [6.45, 7) is 27.3. The van der Waals surface area contributed by atoms with Crippen molar-refractivity contribution in [1.29, 1.82) is 0 Å². The third kappa shape index (κ3) is 19.0. The lowest BCUT2D eigenvalue weighted by Crippen LogP contribution is -2.33. The molecule has 0 radical (unpaired) electrons. The molecule has 0 aliphatic heterocycles. The highest BCUT2D eigenvalue weighted by atomic mass is 16.5. The van der Waals surface area contributed by atoms with Crippen molar-refractivity contribution < 1.29 is 4.74 Å². The first kappa shape index (κ1) is 26.9. The Labute approximate surface area is 172 Å². The SMILES string of the molecule is CC(C)CCN(CCOCCN(CCC(C)C)CCC(C)C)CCC(C)C. The maximum atomic E-state index is 6.04. The molecule has 0 saturated heterocycles. The Balaban J connectivity index is 4.12. The molecule has 0 N–H and O–H groups in total. The monoisotopic (exact) mass is 384 g/mol. The van der Waals surface area contributed by atoms with Gasteiger partial charge in [0, 0.05) is 13.1 Å². The highest BCUT2D eigenvalue weighted by Crippen LogP contribution is 2.08. The zero-order valence-electron chi connectivity index (χ0n) is 20.1. The van der Waals surface area contributed by atoms with Gasteiger partial charge in [-0.1, -0.05) is 55.4 Å². The van der Waals surface area contributed by atoms with E-state index in [9.17, 15) is 0 Å². The van der Waals surface area contributed by atoms with Gasteiger partial charge in [-0.3, -0.25) is 0 Å². The van der Waals surface area contributed by atoms with Gasteiger partial charge in [0.2, 0.25) is 0 Å². The lowest BCUT2D eigenvalue weighted by Gasteiger charge is -2.26. The normalized spacial score (nSPS) is 12.7. The van der Waals surface area contributed by atoms with Gasteiger partial charge in [0.25, 0.3) is 0 Å². The molecule has 27 heavy (non-hydrogen) atoms. The fourth-order valence-electron chi connectivity index (χ4n) is 2.92. The van der Waals surface area contributed by atoms with Gasteiger partial charge in [0.05, 0.1) is 13.2 Å². The Morgan fingerprint density at radius 2 is 0.704 bits per heavy atom. The Hall–Kier alpha value is -0.120. The molecule has 0 atom stereocenters. The van der Waals surface area contributed by atoms with Crippen molar-refractivity contribution in [2.24, 2.45) is 23.7 Å². The van der Waals surface area contributed by atoms with E-state index in [1.165, 1.54) is 51.9 Å². The van der Waals surface area contributed by atoms with Crippen molar-refractivity contribution in [2.45, 2.75) is 81.1 Å². The first-order chi connectivity index (χ1) is 12.7. The molecule has 0 aromatic heterocycles. The molecule has 0 fully saturated rings. The van der Waals surface area contributed by atoms with Crippen molar-refractivity contribution in [2.75, 3.05) is 52.5 Å². The van der Waals surface area contributed by atoms with E-state index in [0.29, 0.717) is 0 Å². The van der Waals surface area contributed by atoms with Crippen molar-refractivity contribution >= 4 is 0 Å². The second-order valence-electron chi connectivity index (χ2n) is 10.0. The topological polar surface area (TPSA) is 15.7 Å². The third-order valence-electron chi connectivity index (χ3n) is 5.19. The fraction of sp³-hybridized carbons (Fsp3) is 1.00. The molecule has 0 saturated carbocycles. The number of ether oxygens (including phenoxy) is 1. The molecule has 0 aromatic rings.